The molecule has 0 N–H and O–H groups in total. The van der Waals surface area contributed by atoms with Crippen molar-refractivity contribution in [3.63, 3.8) is 0 Å². The highest BCUT2D eigenvalue weighted by molar-refractivity contribution is 5.83. The summed E-state index contributed by atoms with van der Waals surface area (Å²) >= 11 is 0. The Labute approximate surface area is 94.9 Å². The minimum Gasteiger partial charge on any atom is -0.493 e. The molecule has 2 aromatic rings. The molecule has 0 aliphatic heterocycles. The Balaban J connectivity index is 2.28. The largest absolute Gasteiger partial charge is 0.493 e. The van der Waals surface area contributed by atoms with E-state index >= 15 is 0 Å². The van der Waals surface area contributed by atoms with E-state index < -0.39 is 0 Å². The third kappa shape index (κ3) is 2.51. The van der Waals surface area contributed by atoms with Gasteiger partial charge >= 0.3 is 0 Å². The van der Waals surface area contributed by atoms with Crippen LogP contribution in [0.2, 0.25) is 0 Å². The van der Waals surface area contributed by atoms with Crippen LogP contribution in [0.15, 0.2) is 36.4 Å². The molecular formula is C14H15FO. The molecule has 2 aromatic carbocycles. The Kier molecular flexibility index (Phi) is 3.09. The van der Waals surface area contributed by atoms with E-state index in [1.165, 1.54) is 12.1 Å². The number of rotatable bonds is 3. The van der Waals surface area contributed by atoms with E-state index in [0.717, 1.165) is 16.5 Å². The maximum absolute atomic E-state index is 13.0. The summed E-state index contributed by atoms with van der Waals surface area (Å²) in [6.07, 6.45) is 0. The van der Waals surface area contributed by atoms with Crippen molar-refractivity contribution in [1.29, 1.82) is 0 Å². The van der Waals surface area contributed by atoms with Crippen molar-refractivity contribution in [2.24, 2.45) is 5.92 Å². The van der Waals surface area contributed by atoms with E-state index in [-0.39, 0.29) is 5.82 Å². The minimum atomic E-state index is -0.214. The number of benzene rings is 2. The van der Waals surface area contributed by atoms with E-state index in [1.807, 2.05) is 18.2 Å². The standard InChI is InChI=1S/C14H15FO/c1-10(2)9-16-14-6-4-11-3-5-13(15)7-12(11)8-14/h3-8,10H,9H2,1-2H3. The fourth-order valence-electron chi connectivity index (χ4n) is 1.55. The summed E-state index contributed by atoms with van der Waals surface area (Å²) in [6.45, 7) is 4.88. The molecule has 0 atom stereocenters. The first-order chi connectivity index (χ1) is 7.65. The van der Waals surface area contributed by atoms with Crippen LogP contribution in [-0.4, -0.2) is 6.61 Å². The summed E-state index contributed by atoms with van der Waals surface area (Å²) in [7, 11) is 0. The van der Waals surface area contributed by atoms with Gasteiger partial charge in [-0.3, -0.25) is 0 Å². The number of hydrogen-bond donors (Lipinski definition) is 0. The maximum Gasteiger partial charge on any atom is 0.123 e. The summed E-state index contributed by atoms with van der Waals surface area (Å²) in [5.74, 6) is 1.07. The number of hydrogen-bond acceptors (Lipinski definition) is 1. The van der Waals surface area contributed by atoms with E-state index in [4.69, 9.17) is 4.74 Å². The molecule has 0 amide bonds. The number of fused-ring (bicyclic) bond motifs is 1. The normalized spacial score (nSPS) is 11.0. The van der Waals surface area contributed by atoms with Crippen LogP contribution in [0.4, 0.5) is 4.39 Å². The average molecular weight is 218 g/mol. The van der Waals surface area contributed by atoms with Gasteiger partial charge < -0.3 is 4.74 Å². The topological polar surface area (TPSA) is 9.23 Å². The van der Waals surface area contributed by atoms with E-state index in [9.17, 15) is 4.39 Å². The van der Waals surface area contributed by atoms with Crippen LogP contribution in [0.5, 0.6) is 5.75 Å². The van der Waals surface area contributed by atoms with Crippen LogP contribution >= 0.6 is 0 Å². The fraction of sp³-hybridized carbons (Fsp3) is 0.286. The molecule has 0 aliphatic rings. The smallest absolute Gasteiger partial charge is 0.123 e. The van der Waals surface area contributed by atoms with Crippen LogP contribution in [0, 0.1) is 11.7 Å². The van der Waals surface area contributed by atoms with Crippen molar-refractivity contribution < 1.29 is 9.13 Å². The highest BCUT2D eigenvalue weighted by Gasteiger charge is 2.00. The molecule has 0 radical (unpaired) electrons. The second-order valence-electron chi connectivity index (χ2n) is 4.36. The number of ether oxygens (including phenoxy) is 1. The Morgan fingerprint density at radius 3 is 2.56 bits per heavy atom. The van der Waals surface area contributed by atoms with Gasteiger partial charge in [0.2, 0.25) is 0 Å². The van der Waals surface area contributed by atoms with Crippen molar-refractivity contribution in [3.05, 3.63) is 42.2 Å². The summed E-state index contributed by atoms with van der Waals surface area (Å²) in [5.41, 5.74) is 0. The molecule has 0 spiro atoms. The Hall–Kier alpha value is -1.57. The van der Waals surface area contributed by atoms with E-state index in [0.29, 0.717) is 12.5 Å². The highest BCUT2D eigenvalue weighted by Crippen LogP contribution is 2.22. The van der Waals surface area contributed by atoms with Gasteiger partial charge in [0.05, 0.1) is 6.61 Å². The molecule has 16 heavy (non-hydrogen) atoms. The molecule has 0 heterocycles. The Morgan fingerprint density at radius 1 is 1.06 bits per heavy atom. The average Bonchev–Trinajstić information content (AvgIpc) is 2.25. The van der Waals surface area contributed by atoms with Gasteiger partial charge in [0.1, 0.15) is 11.6 Å². The second-order valence-corrected chi connectivity index (χ2v) is 4.36. The molecule has 2 heteroatoms. The zero-order valence-corrected chi connectivity index (χ0v) is 9.53. The lowest BCUT2D eigenvalue weighted by molar-refractivity contribution is 0.271. The lowest BCUT2D eigenvalue weighted by Gasteiger charge is -2.09. The first-order valence-electron chi connectivity index (χ1n) is 5.47. The van der Waals surface area contributed by atoms with Crippen LogP contribution in [0.1, 0.15) is 13.8 Å². The lowest BCUT2D eigenvalue weighted by atomic mass is 10.1. The summed E-state index contributed by atoms with van der Waals surface area (Å²) < 4.78 is 18.6. The van der Waals surface area contributed by atoms with Crippen molar-refractivity contribution in [2.75, 3.05) is 6.61 Å². The molecule has 0 unspecified atom stereocenters. The van der Waals surface area contributed by atoms with E-state index in [1.54, 1.807) is 6.07 Å². The zero-order valence-electron chi connectivity index (χ0n) is 9.53. The predicted molar refractivity (Wildman–Crippen MR) is 64.2 cm³/mol. The molecule has 0 saturated heterocycles. The van der Waals surface area contributed by atoms with Crippen molar-refractivity contribution in [1.82, 2.24) is 0 Å². The molecule has 0 saturated carbocycles. The Bertz CT molecular complexity index is 491. The van der Waals surface area contributed by atoms with Gasteiger partial charge in [-0.05, 0) is 41.0 Å². The predicted octanol–water partition coefficient (Wildman–Crippen LogP) is 4.01. The zero-order chi connectivity index (χ0) is 11.5. The molecule has 0 aliphatic carbocycles. The molecule has 0 fully saturated rings. The van der Waals surface area contributed by atoms with Gasteiger partial charge in [0, 0.05) is 0 Å². The minimum absolute atomic E-state index is 0.214. The quantitative estimate of drug-likeness (QED) is 0.756. The third-order valence-corrected chi connectivity index (χ3v) is 2.36. The van der Waals surface area contributed by atoms with Gasteiger partial charge in [0.25, 0.3) is 0 Å². The van der Waals surface area contributed by atoms with Crippen LogP contribution < -0.4 is 4.74 Å². The van der Waals surface area contributed by atoms with Crippen LogP contribution in [0.25, 0.3) is 10.8 Å². The molecule has 2 rings (SSSR count). The maximum atomic E-state index is 13.0. The van der Waals surface area contributed by atoms with Gasteiger partial charge in [-0.2, -0.15) is 0 Å². The Morgan fingerprint density at radius 2 is 1.81 bits per heavy atom. The van der Waals surface area contributed by atoms with Crippen LogP contribution in [-0.2, 0) is 0 Å². The molecular weight excluding hydrogens is 203 g/mol. The number of halogens is 1. The summed E-state index contributed by atoms with van der Waals surface area (Å²) in [4.78, 5) is 0. The fourth-order valence-corrected chi connectivity index (χ4v) is 1.55. The van der Waals surface area contributed by atoms with Crippen molar-refractivity contribution in [3.8, 4) is 5.75 Å². The van der Waals surface area contributed by atoms with Gasteiger partial charge in [-0.25, -0.2) is 4.39 Å². The molecule has 0 bridgehead atoms. The van der Waals surface area contributed by atoms with Gasteiger partial charge in [-0.1, -0.05) is 26.0 Å². The SMILES string of the molecule is CC(C)COc1ccc2ccc(F)cc2c1. The first-order valence-corrected chi connectivity index (χ1v) is 5.47. The monoisotopic (exact) mass is 218 g/mol. The lowest BCUT2D eigenvalue weighted by Crippen LogP contribution is -2.04. The molecule has 0 aromatic heterocycles. The molecule has 84 valence electrons. The van der Waals surface area contributed by atoms with Crippen molar-refractivity contribution >= 4 is 10.8 Å². The van der Waals surface area contributed by atoms with E-state index in [2.05, 4.69) is 13.8 Å². The highest BCUT2D eigenvalue weighted by atomic mass is 19.1. The third-order valence-electron chi connectivity index (χ3n) is 2.36. The first kappa shape index (κ1) is 10.9. The van der Waals surface area contributed by atoms with Gasteiger partial charge in [0.15, 0.2) is 0 Å². The summed E-state index contributed by atoms with van der Waals surface area (Å²) in [6, 6.07) is 10.5. The van der Waals surface area contributed by atoms with Crippen molar-refractivity contribution in [2.45, 2.75) is 13.8 Å². The van der Waals surface area contributed by atoms with Crippen LogP contribution in [0.3, 0.4) is 0 Å². The molecule has 1 nitrogen and oxygen atoms in total. The van der Waals surface area contributed by atoms with Gasteiger partial charge in [-0.15, -0.1) is 0 Å². The second kappa shape index (κ2) is 4.52. The summed E-state index contributed by atoms with van der Waals surface area (Å²) in [5, 5.41) is 1.90.